The molecule has 2 heterocycles. The molecule has 1 aromatic heterocycles. The zero-order valence-corrected chi connectivity index (χ0v) is 36.4. The summed E-state index contributed by atoms with van der Waals surface area (Å²) in [7, 11) is -9.33. The van der Waals surface area contributed by atoms with Crippen LogP contribution in [-0.2, 0) is 39.6 Å². The molecule has 7 aromatic rings. The Bertz CT molecular complexity index is 2970. The Morgan fingerprint density at radius 2 is 1.17 bits per heavy atom. The molecular formula is C51H47N2O8S2-. The van der Waals surface area contributed by atoms with E-state index in [1.165, 1.54) is 0 Å². The summed E-state index contributed by atoms with van der Waals surface area (Å²) >= 11 is 0. The number of anilines is 1. The van der Waals surface area contributed by atoms with Gasteiger partial charge in [0, 0.05) is 25.1 Å². The number of nitrogens with zero attached hydrogens (tertiary/aromatic N) is 2. The number of oxazole rings is 1. The first kappa shape index (κ1) is 43.3. The van der Waals surface area contributed by atoms with E-state index in [1.807, 2.05) is 186 Å². The van der Waals surface area contributed by atoms with Crippen LogP contribution in [0.25, 0.3) is 39.4 Å². The predicted molar refractivity (Wildman–Crippen MR) is 245 cm³/mol. The number of hydrogen-bond donors (Lipinski definition) is 0. The quantitative estimate of drug-likeness (QED) is 0.0645. The van der Waals surface area contributed by atoms with E-state index in [1.54, 1.807) is 0 Å². The average molecular weight is 880 g/mol. The minimum Gasteiger partial charge on any atom is -0.748 e. The third-order valence-electron chi connectivity index (χ3n) is 11.5. The highest BCUT2D eigenvalue weighted by Gasteiger charge is 2.30. The number of aromatic nitrogens is 1. The number of fused-ring (bicyclic) bond motifs is 2. The highest BCUT2D eigenvalue weighted by molar-refractivity contribution is 7.86. The molecule has 2 unspecified atom stereocenters. The van der Waals surface area contributed by atoms with Crippen LogP contribution in [0.3, 0.4) is 0 Å². The Kier molecular flexibility index (Phi) is 13.1. The normalized spacial score (nSPS) is 14.7. The Morgan fingerprint density at radius 1 is 0.651 bits per heavy atom. The molecule has 10 nitrogen and oxygen atoms in total. The molecule has 63 heavy (non-hydrogen) atoms. The maximum atomic E-state index is 12.7. The van der Waals surface area contributed by atoms with E-state index in [0.717, 1.165) is 50.2 Å². The molecule has 0 fully saturated rings. The Balaban J connectivity index is 1.18. The fourth-order valence-electron chi connectivity index (χ4n) is 8.06. The summed E-state index contributed by atoms with van der Waals surface area (Å²) in [6, 6.07) is 49.8. The molecule has 0 aliphatic carbocycles. The number of allylic oxidation sites excluding steroid dienone is 2. The van der Waals surface area contributed by atoms with Gasteiger partial charge in [-0.05, 0) is 82.8 Å². The van der Waals surface area contributed by atoms with Crippen molar-refractivity contribution in [3.8, 4) is 28.0 Å². The zero-order valence-electron chi connectivity index (χ0n) is 34.7. The van der Waals surface area contributed by atoms with Crippen LogP contribution in [0.15, 0.2) is 180 Å². The van der Waals surface area contributed by atoms with Gasteiger partial charge in [-0.15, -0.1) is 0 Å². The number of benzene rings is 6. The molecule has 0 saturated carbocycles. The van der Waals surface area contributed by atoms with Crippen molar-refractivity contribution >= 4 is 43.1 Å². The first-order valence-electron chi connectivity index (χ1n) is 21.0. The van der Waals surface area contributed by atoms with E-state index < -0.39 is 30.7 Å². The molecule has 8 rings (SSSR count). The fraction of sp³-hybridized carbons (Fsp3) is 0.196. The van der Waals surface area contributed by atoms with Gasteiger partial charge in [-0.25, -0.2) is 16.8 Å². The fourth-order valence-corrected chi connectivity index (χ4v) is 9.64. The number of ether oxygens (including phenoxy) is 1. The summed E-state index contributed by atoms with van der Waals surface area (Å²) in [5.74, 6) is 1.47. The molecule has 1 aliphatic heterocycles. The van der Waals surface area contributed by atoms with Crippen LogP contribution >= 0.6 is 0 Å². The van der Waals surface area contributed by atoms with E-state index in [4.69, 9.17) is 9.15 Å². The summed E-state index contributed by atoms with van der Waals surface area (Å²) in [5, 5.41) is -2.36. The Hall–Kier alpha value is -6.31. The van der Waals surface area contributed by atoms with E-state index in [9.17, 15) is 25.9 Å². The van der Waals surface area contributed by atoms with Crippen molar-refractivity contribution < 1.29 is 39.7 Å². The van der Waals surface area contributed by atoms with Gasteiger partial charge in [-0.1, -0.05) is 140 Å². The smallest absolute Gasteiger partial charge is 0.374 e. The molecule has 2 atom stereocenters. The predicted octanol–water partition coefficient (Wildman–Crippen LogP) is 9.68. The lowest BCUT2D eigenvalue weighted by atomic mass is 10.0. The number of rotatable bonds is 17. The molecule has 0 saturated heterocycles. The second kappa shape index (κ2) is 19.0. The van der Waals surface area contributed by atoms with Gasteiger partial charge in [0.2, 0.25) is 11.5 Å². The van der Waals surface area contributed by atoms with Crippen LogP contribution in [0, 0.1) is 0 Å². The van der Waals surface area contributed by atoms with Crippen molar-refractivity contribution in [1.82, 2.24) is 0 Å². The molecule has 0 amide bonds. The van der Waals surface area contributed by atoms with E-state index in [0.29, 0.717) is 29.5 Å². The van der Waals surface area contributed by atoms with Gasteiger partial charge in [0.1, 0.15) is 0 Å². The van der Waals surface area contributed by atoms with Crippen LogP contribution in [0.1, 0.15) is 43.2 Å². The average Bonchev–Trinajstić information content (AvgIpc) is 3.82. The highest BCUT2D eigenvalue weighted by atomic mass is 32.2. The summed E-state index contributed by atoms with van der Waals surface area (Å²) in [6.07, 6.45) is 4.53. The SMILES string of the molecule is CCC(=Cc1oc2ccc(-c3ccccc3)cc2[n+]1CCC(Cc1ccccc1)S(=O)(=O)[O-])C=C1Oc2ccc(-c3ccccc3)cc2N1CCC(Cc1ccccc1)S(=O)(=O)[O-]. The molecular weight excluding hydrogens is 833 g/mol. The van der Waals surface area contributed by atoms with Crippen molar-refractivity contribution in [2.45, 2.75) is 56.1 Å². The van der Waals surface area contributed by atoms with Gasteiger partial charge < -0.3 is 23.2 Å². The van der Waals surface area contributed by atoms with Crippen LogP contribution in [0.2, 0.25) is 0 Å². The minimum absolute atomic E-state index is 0.0433. The van der Waals surface area contributed by atoms with Gasteiger partial charge in [0.25, 0.3) is 5.52 Å². The topological polar surface area (TPSA) is 144 Å². The summed E-state index contributed by atoms with van der Waals surface area (Å²) < 4.78 is 91.1. The summed E-state index contributed by atoms with van der Waals surface area (Å²) in [6.45, 7) is 2.34. The van der Waals surface area contributed by atoms with Crippen molar-refractivity contribution in [2.24, 2.45) is 0 Å². The lowest BCUT2D eigenvalue weighted by Crippen LogP contribution is -2.39. The molecule has 0 radical (unpaired) electrons. The number of hydrogen-bond acceptors (Lipinski definition) is 9. The van der Waals surface area contributed by atoms with Gasteiger partial charge in [-0.2, -0.15) is 4.57 Å². The van der Waals surface area contributed by atoms with Crippen molar-refractivity contribution in [1.29, 1.82) is 0 Å². The van der Waals surface area contributed by atoms with Crippen LogP contribution < -0.4 is 14.2 Å². The van der Waals surface area contributed by atoms with Crippen molar-refractivity contribution in [2.75, 3.05) is 11.4 Å². The largest absolute Gasteiger partial charge is 0.748 e. The van der Waals surface area contributed by atoms with Crippen LogP contribution in [-0.4, -0.2) is 43.0 Å². The lowest BCUT2D eigenvalue weighted by Gasteiger charge is -2.25. The lowest BCUT2D eigenvalue weighted by molar-refractivity contribution is -0.678. The maximum absolute atomic E-state index is 12.7. The monoisotopic (exact) mass is 879 g/mol. The molecule has 0 spiro atoms. The Morgan fingerprint density at radius 3 is 1.73 bits per heavy atom. The summed E-state index contributed by atoms with van der Waals surface area (Å²) in [4.78, 5) is 1.92. The molecule has 1 aliphatic rings. The molecule has 6 aromatic carbocycles. The number of aryl methyl sites for hydroxylation is 1. The maximum Gasteiger partial charge on any atom is 0.374 e. The van der Waals surface area contributed by atoms with Gasteiger partial charge in [0.15, 0.2) is 12.3 Å². The molecule has 12 heteroatoms. The van der Waals surface area contributed by atoms with E-state index in [-0.39, 0.29) is 38.8 Å². The second-order valence-electron chi connectivity index (χ2n) is 15.7. The molecule has 322 valence electrons. The van der Waals surface area contributed by atoms with Crippen molar-refractivity contribution in [3.63, 3.8) is 0 Å². The van der Waals surface area contributed by atoms with Crippen molar-refractivity contribution in [3.05, 3.63) is 192 Å². The Labute approximate surface area is 368 Å². The van der Waals surface area contributed by atoms with Gasteiger partial charge in [-0.3, -0.25) is 0 Å². The van der Waals surface area contributed by atoms with Gasteiger partial charge in [0.05, 0.1) is 42.5 Å². The first-order chi connectivity index (χ1) is 30.4. The highest BCUT2D eigenvalue weighted by Crippen LogP contribution is 2.42. The van der Waals surface area contributed by atoms with E-state index >= 15 is 0 Å². The van der Waals surface area contributed by atoms with Crippen LogP contribution in [0.5, 0.6) is 5.75 Å². The standard InChI is InChI=1S/C51H48N2O8S2/c1-2-37(33-50-52(29-27-44(62(54,55)56)31-38-15-7-3-8-16-38)46-35-42(23-25-48(46)60-50)40-19-11-5-12-20-40)34-51-53(30-28-45(63(57,58)59)32-39-17-9-4-10-18-39)47-36-43(24-26-49(47)61-51)41-21-13-6-14-22-41/h3-26,33-36,44-45H,2,27-32H2,1H3,(H-,54,55,56,57,58,59)/p-1. The van der Waals surface area contributed by atoms with Crippen LogP contribution in [0.4, 0.5) is 5.69 Å². The minimum atomic E-state index is -4.67. The molecule has 0 N–H and O–H groups in total. The van der Waals surface area contributed by atoms with E-state index in [2.05, 4.69) is 0 Å². The molecule has 0 bridgehead atoms. The zero-order chi connectivity index (χ0) is 44.0. The second-order valence-corrected chi connectivity index (χ2v) is 19.0. The third-order valence-corrected chi connectivity index (χ3v) is 13.9. The summed E-state index contributed by atoms with van der Waals surface area (Å²) in [5.41, 5.74) is 8.22. The third kappa shape index (κ3) is 10.5. The first-order valence-corrected chi connectivity index (χ1v) is 23.9. The van der Waals surface area contributed by atoms with Gasteiger partial charge >= 0.3 is 5.89 Å².